The van der Waals surface area contributed by atoms with Crippen LogP contribution in [-0.2, 0) is 6.42 Å². The predicted molar refractivity (Wildman–Crippen MR) is 69.2 cm³/mol. The number of ether oxygens (including phenoxy) is 1. The lowest BCUT2D eigenvalue weighted by atomic mass is 10.1. The molecule has 0 saturated heterocycles. The summed E-state index contributed by atoms with van der Waals surface area (Å²) in [6, 6.07) is 4.25. The zero-order chi connectivity index (χ0) is 13.5. The van der Waals surface area contributed by atoms with E-state index in [1.165, 1.54) is 12.1 Å². The van der Waals surface area contributed by atoms with Gasteiger partial charge in [-0.1, -0.05) is 0 Å². The fourth-order valence-electron chi connectivity index (χ4n) is 1.80. The highest BCUT2D eigenvalue weighted by Gasteiger charge is 2.08. The third kappa shape index (κ3) is 4.60. The Hall–Kier alpha value is -1.17. The van der Waals surface area contributed by atoms with Crippen LogP contribution in [0.3, 0.4) is 0 Å². The highest BCUT2D eigenvalue weighted by atomic mass is 19.1. The molecule has 0 aliphatic heterocycles. The Kier molecular flexibility index (Phi) is 6.04. The van der Waals surface area contributed by atoms with Gasteiger partial charge in [-0.05, 0) is 37.2 Å². The summed E-state index contributed by atoms with van der Waals surface area (Å²) in [4.78, 5) is 2.01. The van der Waals surface area contributed by atoms with Crippen LogP contribution in [0, 0.1) is 5.82 Å². The number of methoxy groups -OCH3 is 1. The van der Waals surface area contributed by atoms with Crippen LogP contribution in [0.25, 0.3) is 0 Å². The van der Waals surface area contributed by atoms with E-state index in [0.717, 1.165) is 12.1 Å². The summed E-state index contributed by atoms with van der Waals surface area (Å²) >= 11 is 0. The smallest absolute Gasteiger partial charge is 0.123 e. The van der Waals surface area contributed by atoms with E-state index in [2.05, 4.69) is 0 Å². The molecule has 5 heteroatoms. The van der Waals surface area contributed by atoms with Crippen molar-refractivity contribution in [3.8, 4) is 5.75 Å². The van der Waals surface area contributed by atoms with Crippen molar-refractivity contribution in [2.75, 3.05) is 33.9 Å². The molecule has 0 aliphatic carbocycles. The molecule has 3 N–H and O–H groups in total. The highest BCUT2D eigenvalue weighted by Crippen LogP contribution is 2.19. The van der Waals surface area contributed by atoms with Gasteiger partial charge in [0.25, 0.3) is 0 Å². The van der Waals surface area contributed by atoms with Crippen molar-refractivity contribution in [3.63, 3.8) is 0 Å². The molecule has 0 fully saturated rings. The van der Waals surface area contributed by atoms with Gasteiger partial charge in [0.1, 0.15) is 11.6 Å². The molecule has 102 valence electrons. The molecule has 0 aromatic heterocycles. The molecular weight excluding hydrogens is 235 g/mol. The average molecular weight is 256 g/mol. The summed E-state index contributed by atoms with van der Waals surface area (Å²) in [5.41, 5.74) is 6.48. The van der Waals surface area contributed by atoms with Gasteiger partial charge in [0.15, 0.2) is 0 Å². The van der Waals surface area contributed by atoms with Crippen molar-refractivity contribution in [1.82, 2.24) is 4.90 Å². The van der Waals surface area contributed by atoms with Crippen LogP contribution in [-0.4, -0.2) is 49.9 Å². The van der Waals surface area contributed by atoms with E-state index in [0.29, 0.717) is 18.7 Å². The highest BCUT2D eigenvalue weighted by molar-refractivity contribution is 5.34. The van der Waals surface area contributed by atoms with Crippen LogP contribution in [0.2, 0.25) is 0 Å². The van der Waals surface area contributed by atoms with Crippen LogP contribution in [0.5, 0.6) is 5.75 Å². The fourth-order valence-corrected chi connectivity index (χ4v) is 1.80. The minimum Gasteiger partial charge on any atom is -0.496 e. The van der Waals surface area contributed by atoms with Crippen LogP contribution < -0.4 is 10.5 Å². The minimum absolute atomic E-state index is 0.0341. The maximum Gasteiger partial charge on any atom is 0.123 e. The van der Waals surface area contributed by atoms with Crippen LogP contribution in [0.1, 0.15) is 5.56 Å². The van der Waals surface area contributed by atoms with Crippen molar-refractivity contribution in [2.45, 2.75) is 12.5 Å². The summed E-state index contributed by atoms with van der Waals surface area (Å²) in [5.74, 6) is 0.428. The maximum absolute atomic E-state index is 13.2. The van der Waals surface area contributed by atoms with Crippen LogP contribution in [0.4, 0.5) is 4.39 Å². The lowest BCUT2D eigenvalue weighted by molar-refractivity contribution is 0.222. The molecule has 4 nitrogen and oxygen atoms in total. The largest absolute Gasteiger partial charge is 0.496 e. The number of halogens is 1. The Bertz CT molecular complexity index is 374. The van der Waals surface area contributed by atoms with Gasteiger partial charge < -0.3 is 20.5 Å². The SMILES string of the molecule is COc1ccc(F)cc1CCN(C)CC(N)CO. The Morgan fingerprint density at radius 2 is 2.22 bits per heavy atom. The molecule has 1 atom stereocenters. The van der Waals surface area contributed by atoms with Gasteiger partial charge in [-0.2, -0.15) is 0 Å². The number of benzene rings is 1. The van der Waals surface area contributed by atoms with E-state index in [9.17, 15) is 4.39 Å². The number of aliphatic hydroxyl groups is 1. The zero-order valence-electron chi connectivity index (χ0n) is 10.9. The summed E-state index contributed by atoms with van der Waals surface area (Å²) < 4.78 is 18.3. The van der Waals surface area contributed by atoms with Crippen LogP contribution >= 0.6 is 0 Å². The van der Waals surface area contributed by atoms with E-state index in [1.807, 2.05) is 11.9 Å². The first-order valence-corrected chi connectivity index (χ1v) is 5.94. The second kappa shape index (κ2) is 7.31. The average Bonchev–Trinajstić information content (AvgIpc) is 2.36. The molecule has 0 heterocycles. The van der Waals surface area contributed by atoms with Crippen molar-refractivity contribution in [3.05, 3.63) is 29.6 Å². The summed E-state index contributed by atoms with van der Waals surface area (Å²) in [7, 11) is 3.49. The fraction of sp³-hybridized carbons (Fsp3) is 0.538. The minimum atomic E-state index is -0.263. The molecule has 0 saturated carbocycles. The second-order valence-corrected chi connectivity index (χ2v) is 4.41. The van der Waals surface area contributed by atoms with Gasteiger partial charge in [0.05, 0.1) is 13.7 Å². The monoisotopic (exact) mass is 256 g/mol. The molecule has 1 aromatic carbocycles. The summed E-state index contributed by atoms with van der Waals surface area (Å²) in [6.07, 6.45) is 0.676. The lowest BCUT2D eigenvalue weighted by Gasteiger charge is -2.20. The Balaban J connectivity index is 2.54. The standard InChI is InChI=1S/C13H21FN2O2/c1-16(8-12(15)9-17)6-5-10-7-11(14)3-4-13(10)18-2/h3-4,7,12,17H,5-6,8-9,15H2,1-2H3. The quantitative estimate of drug-likeness (QED) is 0.751. The molecule has 0 bridgehead atoms. The maximum atomic E-state index is 13.2. The lowest BCUT2D eigenvalue weighted by Crippen LogP contribution is -2.38. The number of likely N-dealkylation sites (N-methyl/N-ethyl adjacent to an activating group) is 1. The number of nitrogens with zero attached hydrogens (tertiary/aromatic N) is 1. The third-order valence-electron chi connectivity index (χ3n) is 2.79. The molecule has 1 rings (SSSR count). The van der Waals surface area contributed by atoms with Gasteiger partial charge in [-0.25, -0.2) is 4.39 Å². The topological polar surface area (TPSA) is 58.7 Å². The van der Waals surface area contributed by atoms with Crippen molar-refractivity contribution >= 4 is 0 Å². The molecule has 18 heavy (non-hydrogen) atoms. The first kappa shape index (κ1) is 14.9. The zero-order valence-corrected chi connectivity index (χ0v) is 10.9. The summed E-state index contributed by atoms with van der Waals surface area (Å²) in [6.45, 7) is 1.30. The van der Waals surface area contributed by atoms with E-state index in [-0.39, 0.29) is 18.5 Å². The van der Waals surface area contributed by atoms with Crippen molar-refractivity contribution in [1.29, 1.82) is 0 Å². The molecule has 1 unspecified atom stereocenters. The van der Waals surface area contributed by atoms with E-state index >= 15 is 0 Å². The van der Waals surface area contributed by atoms with Gasteiger partial charge >= 0.3 is 0 Å². The third-order valence-corrected chi connectivity index (χ3v) is 2.79. The number of hydrogen-bond donors (Lipinski definition) is 2. The molecule has 1 aromatic rings. The summed E-state index contributed by atoms with van der Waals surface area (Å²) in [5, 5.41) is 8.87. The molecule has 0 aliphatic rings. The Morgan fingerprint density at radius 3 is 2.83 bits per heavy atom. The second-order valence-electron chi connectivity index (χ2n) is 4.41. The van der Waals surface area contributed by atoms with Gasteiger partial charge in [0.2, 0.25) is 0 Å². The normalized spacial score (nSPS) is 12.8. The van der Waals surface area contributed by atoms with E-state index in [4.69, 9.17) is 15.6 Å². The number of rotatable bonds is 7. The van der Waals surface area contributed by atoms with E-state index in [1.54, 1.807) is 13.2 Å². The van der Waals surface area contributed by atoms with Gasteiger partial charge in [-0.3, -0.25) is 0 Å². The number of hydrogen-bond acceptors (Lipinski definition) is 4. The molecule has 0 spiro atoms. The van der Waals surface area contributed by atoms with Crippen molar-refractivity contribution in [2.24, 2.45) is 5.73 Å². The first-order valence-electron chi connectivity index (χ1n) is 5.94. The van der Waals surface area contributed by atoms with Crippen LogP contribution in [0.15, 0.2) is 18.2 Å². The Labute approximate surface area is 107 Å². The first-order chi connectivity index (χ1) is 8.56. The Morgan fingerprint density at radius 1 is 1.50 bits per heavy atom. The van der Waals surface area contributed by atoms with Gasteiger partial charge in [0, 0.05) is 19.1 Å². The van der Waals surface area contributed by atoms with Crippen molar-refractivity contribution < 1.29 is 14.2 Å². The van der Waals surface area contributed by atoms with E-state index < -0.39 is 0 Å². The number of nitrogens with two attached hydrogens (primary N) is 1. The predicted octanol–water partition coefficient (Wildman–Crippen LogP) is 0.628. The molecule has 0 radical (unpaired) electrons. The van der Waals surface area contributed by atoms with Gasteiger partial charge in [-0.15, -0.1) is 0 Å². The molecular formula is C13H21FN2O2. The molecule has 0 amide bonds. The number of aliphatic hydroxyl groups excluding tert-OH is 1.